The van der Waals surface area contributed by atoms with E-state index in [9.17, 15) is 8.42 Å². The smallest absolute Gasteiger partial charge is 0.232 e. The molecule has 4 nitrogen and oxygen atoms in total. The zero-order valence-corrected chi connectivity index (χ0v) is 15.7. The summed E-state index contributed by atoms with van der Waals surface area (Å²) in [4.78, 5) is 0. The van der Waals surface area contributed by atoms with Gasteiger partial charge in [-0.15, -0.1) is 0 Å². The highest BCUT2D eigenvalue weighted by Gasteiger charge is 2.09. The summed E-state index contributed by atoms with van der Waals surface area (Å²) in [6.45, 7) is 4.01. The predicted octanol–water partition coefficient (Wildman–Crippen LogP) is 5.04. The number of sulfonamides is 1. The first-order valence-corrected chi connectivity index (χ1v) is 9.98. The Morgan fingerprint density at radius 1 is 1.00 bits per heavy atom. The zero-order chi connectivity index (χ0) is 16.9. The summed E-state index contributed by atoms with van der Waals surface area (Å²) in [6.07, 6.45) is 1.52. The first-order valence-electron chi connectivity index (χ1n) is 7.53. The van der Waals surface area contributed by atoms with Gasteiger partial charge in [0.05, 0.1) is 5.75 Å². The number of aryl methyl sites for hydroxylation is 1. The van der Waals surface area contributed by atoms with Crippen molar-refractivity contribution in [3.63, 3.8) is 0 Å². The number of nitrogens with one attached hydrogen (secondary N) is 2. The highest BCUT2D eigenvalue weighted by Crippen LogP contribution is 2.24. The maximum absolute atomic E-state index is 11.9. The minimum absolute atomic E-state index is 0.154. The lowest BCUT2D eigenvalue weighted by Gasteiger charge is -2.10. The van der Waals surface area contributed by atoms with Gasteiger partial charge in [0.15, 0.2) is 0 Å². The van der Waals surface area contributed by atoms with Gasteiger partial charge >= 0.3 is 0 Å². The van der Waals surface area contributed by atoms with E-state index >= 15 is 0 Å². The highest BCUT2D eigenvalue weighted by molar-refractivity contribution is 9.10. The van der Waals surface area contributed by atoms with Crippen molar-refractivity contribution in [3.05, 3.63) is 52.5 Å². The van der Waals surface area contributed by atoms with Gasteiger partial charge in [-0.2, -0.15) is 0 Å². The number of anilines is 3. The second-order valence-corrected chi connectivity index (χ2v) is 8.14. The molecular formula is C17H21BrN2O2S. The Morgan fingerprint density at radius 2 is 1.61 bits per heavy atom. The molecule has 0 heterocycles. The Morgan fingerprint density at radius 3 is 2.22 bits per heavy atom. The standard InChI is InChI=1S/C17H21BrN2O2S/c1-3-4-11-23(21,22)20-15-9-7-14(8-10-15)19-16-6-5-13(2)17(18)12-16/h5-10,12,19-20H,3-4,11H2,1-2H3. The van der Waals surface area contributed by atoms with E-state index in [1.807, 2.05) is 44.2 Å². The number of halogens is 1. The van der Waals surface area contributed by atoms with Crippen LogP contribution in [-0.4, -0.2) is 14.2 Å². The van der Waals surface area contributed by atoms with Crippen LogP contribution in [0.15, 0.2) is 46.9 Å². The van der Waals surface area contributed by atoms with E-state index in [-0.39, 0.29) is 5.75 Å². The lowest BCUT2D eigenvalue weighted by Crippen LogP contribution is -2.16. The molecule has 2 N–H and O–H groups in total. The lowest BCUT2D eigenvalue weighted by atomic mass is 10.2. The first kappa shape index (κ1) is 17.8. The van der Waals surface area contributed by atoms with E-state index in [0.29, 0.717) is 12.1 Å². The van der Waals surface area contributed by atoms with Crippen molar-refractivity contribution in [1.82, 2.24) is 0 Å². The average Bonchev–Trinajstić information content (AvgIpc) is 2.51. The van der Waals surface area contributed by atoms with Gasteiger partial charge in [0, 0.05) is 21.5 Å². The summed E-state index contributed by atoms with van der Waals surface area (Å²) < 4.78 is 27.4. The van der Waals surface area contributed by atoms with Crippen molar-refractivity contribution < 1.29 is 8.42 Å². The molecule has 0 aliphatic carbocycles. The summed E-state index contributed by atoms with van der Waals surface area (Å²) in [7, 11) is -3.26. The summed E-state index contributed by atoms with van der Waals surface area (Å²) in [6, 6.07) is 13.3. The minimum Gasteiger partial charge on any atom is -0.355 e. The van der Waals surface area contributed by atoms with Gasteiger partial charge in [0.1, 0.15) is 0 Å². The van der Waals surface area contributed by atoms with Crippen LogP contribution in [0.3, 0.4) is 0 Å². The molecule has 0 aliphatic heterocycles. The van der Waals surface area contributed by atoms with Gasteiger partial charge < -0.3 is 5.32 Å². The molecule has 2 aromatic rings. The van der Waals surface area contributed by atoms with Gasteiger partial charge in [0.25, 0.3) is 0 Å². The van der Waals surface area contributed by atoms with Crippen molar-refractivity contribution in [3.8, 4) is 0 Å². The third-order valence-electron chi connectivity index (χ3n) is 3.39. The van der Waals surface area contributed by atoms with Crippen molar-refractivity contribution in [2.45, 2.75) is 26.7 Å². The monoisotopic (exact) mass is 396 g/mol. The van der Waals surface area contributed by atoms with Crippen LogP contribution in [0.25, 0.3) is 0 Å². The minimum atomic E-state index is -3.26. The molecule has 0 saturated carbocycles. The average molecular weight is 397 g/mol. The molecule has 0 atom stereocenters. The Hall–Kier alpha value is -1.53. The molecule has 124 valence electrons. The van der Waals surface area contributed by atoms with Crippen LogP contribution < -0.4 is 10.0 Å². The maximum atomic E-state index is 11.9. The van der Waals surface area contributed by atoms with Crippen LogP contribution in [0.2, 0.25) is 0 Å². The largest absolute Gasteiger partial charge is 0.355 e. The van der Waals surface area contributed by atoms with Gasteiger partial charge in [-0.3, -0.25) is 4.72 Å². The van der Waals surface area contributed by atoms with Crippen LogP contribution in [0.5, 0.6) is 0 Å². The van der Waals surface area contributed by atoms with E-state index in [0.717, 1.165) is 22.3 Å². The quantitative estimate of drug-likeness (QED) is 0.688. The highest BCUT2D eigenvalue weighted by atomic mass is 79.9. The Labute approximate surface area is 146 Å². The molecule has 0 spiro atoms. The molecule has 0 amide bonds. The van der Waals surface area contributed by atoms with Gasteiger partial charge in [0.2, 0.25) is 10.0 Å². The second-order valence-electron chi connectivity index (χ2n) is 5.44. The van der Waals surface area contributed by atoms with E-state index in [4.69, 9.17) is 0 Å². The number of benzene rings is 2. The van der Waals surface area contributed by atoms with E-state index < -0.39 is 10.0 Å². The molecule has 0 aromatic heterocycles. The molecule has 0 unspecified atom stereocenters. The fourth-order valence-corrected chi connectivity index (χ4v) is 3.67. The molecule has 0 radical (unpaired) electrons. The van der Waals surface area contributed by atoms with Crippen molar-refractivity contribution in [1.29, 1.82) is 0 Å². The third kappa shape index (κ3) is 5.55. The summed E-state index contributed by atoms with van der Waals surface area (Å²) in [5, 5.41) is 3.29. The molecule has 6 heteroatoms. The molecule has 0 aliphatic rings. The first-order chi connectivity index (χ1) is 10.9. The molecular weight excluding hydrogens is 376 g/mol. The van der Waals surface area contributed by atoms with Crippen LogP contribution in [0.4, 0.5) is 17.1 Å². The van der Waals surface area contributed by atoms with Gasteiger partial charge in [-0.25, -0.2) is 8.42 Å². The fraction of sp³-hybridized carbons (Fsp3) is 0.294. The fourth-order valence-electron chi connectivity index (χ4n) is 2.02. The zero-order valence-electron chi connectivity index (χ0n) is 13.3. The Balaban J connectivity index is 2.03. The van der Waals surface area contributed by atoms with Crippen LogP contribution in [0, 0.1) is 6.92 Å². The normalized spacial score (nSPS) is 11.3. The number of rotatable bonds is 7. The van der Waals surface area contributed by atoms with Gasteiger partial charge in [-0.05, 0) is 55.3 Å². The number of unbranched alkanes of at least 4 members (excludes halogenated alkanes) is 1. The lowest BCUT2D eigenvalue weighted by molar-refractivity contribution is 0.598. The molecule has 2 rings (SSSR count). The van der Waals surface area contributed by atoms with Crippen molar-refractivity contribution >= 4 is 43.0 Å². The third-order valence-corrected chi connectivity index (χ3v) is 5.61. The maximum Gasteiger partial charge on any atom is 0.232 e. The summed E-state index contributed by atoms with van der Waals surface area (Å²) >= 11 is 3.51. The van der Waals surface area contributed by atoms with Crippen molar-refractivity contribution in [2.24, 2.45) is 0 Å². The second kappa shape index (κ2) is 7.84. The molecule has 0 fully saturated rings. The molecule has 0 saturated heterocycles. The van der Waals surface area contributed by atoms with E-state index in [2.05, 4.69) is 26.0 Å². The summed E-state index contributed by atoms with van der Waals surface area (Å²) in [5.74, 6) is 0.154. The van der Waals surface area contributed by atoms with Gasteiger partial charge in [-0.1, -0.05) is 35.3 Å². The van der Waals surface area contributed by atoms with Crippen LogP contribution in [0.1, 0.15) is 25.3 Å². The molecule has 0 bridgehead atoms. The Bertz CT molecular complexity index is 759. The summed E-state index contributed by atoms with van der Waals surface area (Å²) in [5.41, 5.74) is 3.63. The Kier molecular flexibility index (Phi) is 6.07. The van der Waals surface area contributed by atoms with Crippen LogP contribution in [-0.2, 0) is 10.0 Å². The SMILES string of the molecule is CCCCS(=O)(=O)Nc1ccc(Nc2ccc(C)c(Br)c2)cc1. The topological polar surface area (TPSA) is 58.2 Å². The number of hydrogen-bond donors (Lipinski definition) is 2. The van der Waals surface area contributed by atoms with Crippen molar-refractivity contribution in [2.75, 3.05) is 15.8 Å². The van der Waals surface area contributed by atoms with E-state index in [1.54, 1.807) is 12.1 Å². The molecule has 2 aromatic carbocycles. The number of hydrogen-bond acceptors (Lipinski definition) is 3. The van der Waals surface area contributed by atoms with E-state index in [1.165, 1.54) is 5.56 Å². The molecule has 23 heavy (non-hydrogen) atoms. The predicted molar refractivity (Wildman–Crippen MR) is 101 cm³/mol. The van der Waals surface area contributed by atoms with Crippen LogP contribution >= 0.6 is 15.9 Å².